The Morgan fingerprint density at radius 2 is 2.13 bits per heavy atom. The van der Waals surface area contributed by atoms with Crippen LogP contribution in [0.1, 0.15) is 10.6 Å². The first kappa shape index (κ1) is 11.1. The van der Waals surface area contributed by atoms with Gasteiger partial charge in [-0.2, -0.15) is 0 Å². The summed E-state index contributed by atoms with van der Waals surface area (Å²) < 4.78 is 1.07. The smallest absolute Gasteiger partial charge is 0.125 e. The molecule has 0 atom stereocenters. The lowest BCUT2D eigenvalue weighted by Gasteiger charge is -1.98. The topological polar surface area (TPSA) is 12.9 Å². The van der Waals surface area contributed by atoms with Crippen molar-refractivity contribution < 1.29 is 0 Å². The van der Waals surface area contributed by atoms with E-state index in [0.29, 0.717) is 5.88 Å². The minimum Gasteiger partial charge on any atom is -0.241 e. The van der Waals surface area contributed by atoms with Gasteiger partial charge in [0.15, 0.2) is 0 Å². The zero-order valence-electron chi connectivity index (χ0n) is 8.13. The van der Waals surface area contributed by atoms with Gasteiger partial charge in [-0.05, 0) is 13.0 Å². The molecule has 0 amide bonds. The second-order valence-corrected chi connectivity index (χ2v) is 5.35. The first-order valence-electron chi connectivity index (χ1n) is 4.49. The van der Waals surface area contributed by atoms with Gasteiger partial charge in [0.1, 0.15) is 5.01 Å². The summed E-state index contributed by atoms with van der Waals surface area (Å²) in [6.07, 6.45) is 0. The lowest BCUT2D eigenvalue weighted by Crippen LogP contribution is -1.79. The highest BCUT2D eigenvalue weighted by atomic mass is 79.9. The number of hydrogen-bond donors (Lipinski definition) is 0. The van der Waals surface area contributed by atoms with Gasteiger partial charge in [0.05, 0.1) is 11.6 Å². The summed E-state index contributed by atoms with van der Waals surface area (Å²) in [6, 6.07) is 8.08. The van der Waals surface area contributed by atoms with Crippen molar-refractivity contribution in [2.24, 2.45) is 0 Å². The Kier molecular flexibility index (Phi) is 3.44. The van der Waals surface area contributed by atoms with Crippen LogP contribution in [0.3, 0.4) is 0 Å². The number of benzene rings is 1. The fraction of sp³-hybridized carbons (Fsp3) is 0.182. The normalized spacial score (nSPS) is 10.6. The van der Waals surface area contributed by atoms with E-state index in [1.54, 1.807) is 11.3 Å². The highest BCUT2D eigenvalue weighted by Gasteiger charge is 2.10. The van der Waals surface area contributed by atoms with Crippen LogP contribution in [0.5, 0.6) is 0 Å². The zero-order valence-corrected chi connectivity index (χ0v) is 11.3. The van der Waals surface area contributed by atoms with E-state index < -0.39 is 0 Å². The standard InChI is InChI=1S/C11H9BrClNS/c1-7-10(6-13)15-11(14-7)8-4-2-3-5-9(8)12/h2-5H,6H2,1H3. The molecule has 0 radical (unpaired) electrons. The number of rotatable bonds is 2. The third-order valence-electron chi connectivity index (χ3n) is 2.12. The fourth-order valence-corrected chi connectivity index (χ4v) is 3.21. The van der Waals surface area contributed by atoms with Gasteiger partial charge < -0.3 is 0 Å². The quantitative estimate of drug-likeness (QED) is 0.738. The Morgan fingerprint density at radius 1 is 1.40 bits per heavy atom. The van der Waals surface area contributed by atoms with Crippen LogP contribution >= 0.6 is 38.9 Å². The van der Waals surface area contributed by atoms with Crippen molar-refractivity contribution in [1.82, 2.24) is 4.98 Å². The predicted octanol–water partition coefficient (Wildman–Crippen LogP) is 4.62. The maximum Gasteiger partial charge on any atom is 0.125 e. The highest BCUT2D eigenvalue weighted by Crippen LogP contribution is 2.33. The van der Waals surface area contributed by atoms with Crippen molar-refractivity contribution in [2.75, 3.05) is 0 Å². The third-order valence-corrected chi connectivity index (χ3v) is 4.43. The summed E-state index contributed by atoms with van der Waals surface area (Å²) >= 11 is 11.0. The van der Waals surface area contributed by atoms with Crippen LogP contribution in [0.4, 0.5) is 0 Å². The summed E-state index contributed by atoms with van der Waals surface area (Å²) in [4.78, 5) is 5.66. The van der Waals surface area contributed by atoms with E-state index in [1.165, 1.54) is 0 Å². The maximum atomic E-state index is 5.83. The number of thiazole rings is 1. The zero-order chi connectivity index (χ0) is 10.8. The number of alkyl halides is 1. The Bertz CT molecular complexity index is 481. The van der Waals surface area contributed by atoms with E-state index in [1.807, 2.05) is 25.1 Å². The molecule has 2 rings (SSSR count). The van der Waals surface area contributed by atoms with Crippen molar-refractivity contribution in [1.29, 1.82) is 0 Å². The molecule has 1 aromatic heterocycles. The van der Waals surface area contributed by atoms with Crippen LogP contribution in [0, 0.1) is 6.92 Å². The van der Waals surface area contributed by atoms with E-state index in [4.69, 9.17) is 11.6 Å². The lowest BCUT2D eigenvalue weighted by atomic mass is 10.2. The lowest BCUT2D eigenvalue weighted by molar-refractivity contribution is 1.22. The largest absolute Gasteiger partial charge is 0.241 e. The third kappa shape index (κ3) is 2.25. The van der Waals surface area contributed by atoms with Gasteiger partial charge in [-0.1, -0.05) is 34.1 Å². The summed E-state index contributed by atoms with van der Waals surface area (Å²) in [5.41, 5.74) is 2.16. The maximum absolute atomic E-state index is 5.83. The van der Waals surface area contributed by atoms with Gasteiger partial charge in [-0.3, -0.25) is 0 Å². The van der Waals surface area contributed by atoms with Gasteiger partial charge in [-0.25, -0.2) is 4.98 Å². The Hall–Kier alpha value is -0.380. The Morgan fingerprint density at radius 3 is 2.73 bits per heavy atom. The van der Waals surface area contributed by atoms with Gasteiger partial charge in [0, 0.05) is 14.9 Å². The SMILES string of the molecule is Cc1nc(-c2ccccc2Br)sc1CCl. The molecule has 0 aliphatic heterocycles. The van der Waals surface area contributed by atoms with Gasteiger partial charge in [-0.15, -0.1) is 22.9 Å². The molecule has 15 heavy (non-hydrogen) atoms. The number of hydrogen-bond acceptors (Lipinski definition) is 2. The molecule has 2 aromatic rings. The molecular formula is C11H9BrClNS. The molecule has 0 fully saturated rings. The summed E-state index contributed by atoms with van der Waals surface area (Å²) in [7, 11) is 0. The number of nitrogens with zero attached hydrogens (tertiary/aromatic N) is 1. The number of halogens is 2. The van der Waals surface area contributed by atoms with Gasteiger partial charge >= 0.3 is 0 Å². The predicted molar refractivity (Wildman–Crippen MR) is 69.5 cm³/mol. The molecule has 1 heterocycles. The molecule has 0 aliphatic rings. The molecule has 0 bridgehead atoms. The van der Waals surface area contributed by atoms with E-state index in [0.717, 1.165) is 25.6 Å². The molecular weight excluding hydrogens is 294 g/mol. The van der Waals surface area contributed by atoms with Crippen LogP contribution in [0.15, 0.2) is 28.7 Å². The average Bonchev–Trinajstić information content (AvgIpc) is 2.60. The highest BCUT2D eigenvalue weighted by molar-refractivity contribution is 9.10. The second kappa shape index (κ2) is 4.64. The van der Waals surface area contributed by atoms with E-state index in [-0.39, 0.29) is 0 Å². The monoisotopic (exact) mass is 301 g/mol. The van der Waals surface area contributed by atoms with Gasteiger partial charge in [0.2, 0.25) is 0 Å². The minimum absolute atomic E-state index is 0.536. The van der Waals surface area contributed by atoms with Crippen molar-refractivity contribution >= 4 is 38.9 Å². The van der Waals surface area contributed by atoms with Crippen molar-refractivity contribution in [3.63, 3.8) is 0 Å². The average molecular weight is 303 g/mol. The molecule has 0 saturated heterocycles. The summed E-state index contributed by atoms with van der Waals surface area (Å²) in [5.74, 6) is 0.536. The van der Waals surface area contributed by atoms with E-state index >= 15 is 0 Å². The molecule has 0 N–H and O–H groups in total. The van der Waals surface area contributed by atoms with Crippen molar-refractivity contribution in [2.45, 2.75) is 12.8 Å². The Labute approximate surface area is 106 Å². The fourth-order valence-electron chi connectivity index (χ4n) is 1.30. The number of aromatic nitrogens is 1. The van der Waals surface area contributed by atoms with Gasteiger partial charge in [0.25, 0.3) is 0 Å². The van der Waals surface area contributed by atoms with Crippen LogP contribution < -0.4 is 0 Å². The molecule has 0 aliphatic carbocycles. The van der Waals surface area contributed by atoms with Crippen LogP contribution in [-0.2, 0) is 5.88 Å². The van der Waals surface area contributed by atoms with Crippen molar-refractivity contribution in [3.05, 3.63) is 39.3 Å². The molecule has 4 heteroatoms. The molecule has 78 valence electrons. The second-order valence-electron chi connectivity index (χ2n) is 3.14. The molecule has 0 saturated carbocycles. The molecule has 0 unspecified atom stereocenters. The van der Waals surface area contributed by atoms with Crippen LogP contribution in [-0.4, -0.2) is 4.98 Å². The van der Waals surface area contributed by atoms with E-state index in [2.05, 4.69) is 27.0 Å². The Balaban J connectivity index is 2.50. The summed E-state index contributed by atoms with van der Waals surface area (Å²) in [6.45, 7) is 1.99. The molecule has 0 spiro atoms. The first-order valence-corrected chi connectivity index (χ1v) is 6.64. The van der Waals surface area contributed by atoms with Crippen molar-refractivity contribution in [3.8, 4) is 10.6 Å². The first-order chi connectivity index (χ1) is 7.22. The van der Waals surface area contributed by atoms with Crippen LogP contribution in [0.2, 0.25) is 0 Å². The molecule has 1 nitrogen and oxygen atoms in total. The minimum atomic E-state index is 0.536. The summed E-state index contributed by atoms with van der Waals surface area (Å²) in [5, 5.41) is 1.02. The van der Waals surface area contributed by atoms with Crippen LogP contribution in [0.25, 0.3) is 10.6 Å². The number of aryl methyl sites for hydroxylation is 1. The van der Waals surface area contributed by atoms with E-state index in [9.17, 15) is 0 Å². The molecule has 1 aromatic carbocycles.